The van der Waals surface area contributed by atoms with E-state index in [0.717, 1.165) is 37.7 Å². The van der Waals surface area contributed by atoms with Gasteiger partial charge in [-0.15, -0.1) is 0 Å². The maximum Gasteiger partial charge on any atom is 0.290 e. The number of aromatic nitrogens is 2. The topological polar surface area (TPSA) is 95.4 Å². The molecule has 0 unspecified atom stereocenters. The first-order valence-corrected chi connectivity index (χ1v) is 7.91. The number of hydrogen-bond acceptors (Lipinski definition) is 7. The predicted octanol–water partition coefficient (Wildman–Crippen LogP) is 1.01. The van der Waals surface area contributed by atoms with Gasteiger partial charge in [-0.25, -0.2) is 9.97 Å². The molecule has 2 N–H and O–H groups in total. The Morgan fingerprint density at radius 3 is 2.82 bits per heavy atom. The van der Waals surface area contributed by atoms with Crippen molar-refractivity contribution in [2.24, 2.45) is 5.92 Å². The number of nitrogens with zero attached hydrogens (tertiary/aromatic N) is 3. The summed E-state index contributed by atoms with van der Waals surface area (Å²) in [4.78, 5) is 33.8. The van der Waals surface area contributed by atoms with Gasteiger partial charge in [0.2, 0.25) is 5.95 Å². The summed E-state index contributed by atoms with van der Waals surface area (Å²) >= 11 is 0.873. The van der Waals surface area contributed by atoms with Crippen LogP contribution in [0.4, 0.5) is 10.7 Å². The summed E-state index contributed by atoms with van der Waals surface area (Å²) in [6.07, 6.45) is 5.07. The number of imide groups is 1. The van der Waals surface area contributed by atoms with E-state index in [1.54, 1.807) is 18.3 Å². The molecule has 2 saturated heterocycles. The quantitative estimate of drug-likeness (QED) is 0.802. The predicted molar refractivity (Wildman–Crippen MR) is 83.2 cm³/mol. The summed E-state index contributed by atoms with van der Waals surface area (Å²) in [5.41, 5.74) is 0.599. The first-order valence-electron chi connectivity index (χ1n) is 7.09. The van der Waals surface area contributed by atoms with E-state index in [0.29, 0.717) is 22.5 Å². The lowest BCUT2D eigenvalue weighted by atomic mass is 9.98. The Morgan fingerprint density at radius 2 is 2.18 bits per heavy atom. The number of anilines is 1. The monoisotopic (exact) mass is 320 g/mol. The molecule has 116 valence electrons. The zero-order valence-corrected chi connectivity index (χ0v) is 12.7. The van der Waals surface area contributed by atoms with Gasteiger partial charge in [0.15, 0.2) is 0 Å². The molecule has 1 aromatic heterocycles. The van der Waals surface area contributed by atoms with E-state index >= 15 is 0 Å². The van der Waals surface area contributed by atoms with Gasteiger partial charge in [-0.05, 0) is 42.7 Å². The van der Waals surface area contributed by atoms with Crippen molar-refractivity contribution in [3.8, 4) is 0 Å². The number of nitrogens with one attached hydrogen (secondary N) is 1. The SMILES string of the molecule is O=C1NC(=O)/C(=C\c2ccnc(N3CCC(CO)CC3)n2)S1. The van der Waals surface area contributed by atoms with Gasteiger partial charge in [0.25, 0.3) is 11.1 Å². The van der Waals surface area contributed by atoms with Crippen LogP contribution in [0.1, 0.15) is 18.5 Å². The van der Waals surface area contributed by atoms with Crippen molar-refractivity contribution in [2.45, 2.75) is 12.8 Å². The van der Waals surface area contributed by atoms with Crippen molar-refractivity contribution in [2.75, 3.05) is 24.6 Å². The lowest BCUT2D eigenvalue weighted by Gasteiger charge is -2.31. The molecule has 7 nitrogen and oxygen atoms in total. The van der Waals surface area contributed by atoms with Crippen molar-refractivity contribution in [1.29, 1.82) is 0 Å². The van der Waals surface area contributed by atoms with Crippen LogP contribution in [0.15, 0.2) is 17.2 Å². The van der Waals surface area contributed by atoms with Gasteiger partial charge in [-0.3, -0.25) is 14.9 Å². The number of amides is 2. The minimum Gasteiger partial charge on any atom is -0.396 e. The van der Waals surface area contributed by atoms with Gasteiger partial charge in [0, 0.05) is 25.9 Å². The van der Waals surface area contributed by atoms with Crippen LogP contribution in [0, 0.1) is 5.92 Å². The number of carbonyl (C=O) groups excluding carboxylic acids is 2. The molecule has 0 atom stereocenters. The van der Waals surface area contributed by atoms with Crippen LogP contribution >= 0.6 is 11.8 Å². The highest BCUT2D eigenvalue weighted by atomic mass is 32.2. The fourth-order valence-corrected chi connectivity index (χ4v) is 3.13. The molecule has 3 heterocycles. The van der Waals surface area contributed by atoms with Gasteiger partial charge in [-0.1, -0.05) is 0 Å². The number of piperidine rings is 1. The lowest BCUT2D eigenvalue weighted by Crippen LogP contribution is -2.35. The molecule has 2 aliphatic heterocycles. The van der Waals surface area contributed by atoms with E-state index in [2.05, 4.69) is 20.2 Å². The number of carbonyl (C=O) groups is 2. The number of aliphatic hydroxyl groups is 1. The molecule has 0 spiro atoms. The zero-order chi connectivity index (χ0) is 15.5. The Labute approximate surface area is 131 Å². The minimum absolute atomic E-state index is 0.223. The maximum absolute atomic E-state index is 11.5. The number of aliphatic hydroxyl groups excluding tert-OH is 1. The van der Waals surface area contributed by atoms with E-state index in [4.69, 9.17) is 0 Å². The van der Waals surface area contributed by atoms with Crippen molar-refractivity contribution < 1.29 is 14.7 Å². The van der Waals surface area contributed by atoms with Gasteiger partial charge in [-0.2, -0.15) is 0 Å². The Hall–Kier alpha value is -1.93. The van der Waals surface area contributed by atoms with E-state index < -0.39 is 0 Å². The fourth-order valence-electron chi connectivity index (χ4n) is 2.47. The summed E-state index contributed by atoms with van der Waals surface area (Å²) < 4.78 is 0. The van der Waals surface area contributed by atoms with E-state index in [1.165, 1.54) is 0 Å². The third kappa shape index (κ3) is 3.28. The second kappa shape index (κ2) is 6.45. The van der Waals surface area contributed by atoms with E-state index in [9.17, 15) is 14.7 Å². The van der Waals surface area contributed by atoms with Crippen molar-refractivity contribution >= 4 is 34.9 Å². The van der Waals surface area contributed by atoms with Crippen LogP contribution in [-0.4, -0.2) is 45.9 Å². The number of thioether (sulfide) groups is 1. The van der Waals surface area contributed by atoms with Crippen LogP contribution in [0.3, 0.4) is 0 Å². The van der Waals surface area contributed by atoms with Crippen LogP contribution in [0.5, 0.6) is 0 Å². The average molecular weight is 320 g/mol. The number of hydrogen-bond donors (Lipinski definition) is 2. The summed E-state index contributed by atoms with van der Waals surface area (Å²) in [5.74, 6) is 0.575. The maximum atomic E-state index is 11.5. The Kier molecular flexibility index (Phi) is 4.39. The second-order valence-electron chi connectivity index (χ2n) is 5.25. The van der Waals surface area contributed by atoms with Gasteiger partial charge < -0.3 is 10.0 Å². The lowest BCUT2D eigenvalue weighted by molar-refractivity contribution is -0.115. The van der Waals surface area contributed by atoms with Crippen molar-refractivity contribution in [3.63, 3.8) is 0 Å². The molecule has 2 fully saturated rings. The summed E-state index contributed by atoms with van der Waals surface area (Å²) in [5, 5.41) is 11.0. The molecule has 0 aliphatic carbocycles. The number of rotatable bonds is 3. The van der Waals surface area contributed by atoms with E-state index in [1.807, 2.05) is 0 Å². The molecule has 0 saturated carbocycles. The average Bonchev–Trinajstić information content (AvgIpc) is 2.85. The van der Waals surface area contributed by atoms with Gasteiger partial charge in [0.05, 0.1) is 10.6 Å². The molecule has 2 amide bonds. The normalized spacial score (nSPS) is 21.5. The Morgan fingerprint density at radius 1 is 1.41 bits per heavy atom. The Bertz CT molecular complexity index is 626. The largest absolute Gasteiger partial charge is 0.396 e. The first kappa shape index (κ1) is 15.0. The summed E-state index contributed by atoms with van der Waals surface area (Å²) in [7, 11) is 0. The van der Waals surface area contributed by atoms with E-state index in [-0.39, 0.29) is 17.8 Å². The molecule has 0 radical (unpaired) electrons. The Balaban J connectivity index is 1.75. The molecule has 0 aromatic carbocycles. The van der Waals surface area contributed by atoms with Gasteiger partial charge in [0.1, 0.15) is 0 Å². The molecule has 1 aromatic rings. The highest BCUT2D eigenvalue weighted by Gasteiger charge is 2.25. The van der Waals surface area contributed by atoms with Crippen LogP contribution in [-0.2, 0) is 4.79 Å². The van der Waals surface area contributed by atoms with Crippen molar-refractivity contribution in [1.82, 2.24) is 15.3 Å². The molecular weight excluding hydrogens is 304 g/mol. The van der Waals surface area contributed by atoms with Crippen LogP contribution < -0.4 is 10.2 Å². The third-order valence-corrected chi connectivity index (χ3v) is 4.55. The molecule has 2 aliphatic rings. The molecule has 8 heteroatoms. The molecule has 0 bridgehead atoms. The zero-order valence-electron chi connectivity index (χ0n) is 11.9. The molecule has 3 rings (SSSR count). The highest BCUT2D eigenvalue weighted by molar-refractivity contribution is 8.18. The summed E-state index contributed by atoms with van der Waals surface area (Å²) in [6, 6.07) is 1.70. The van der Waals surface area contributed by atoms with Crippen LogP contribution in [0.25, 0.3) is 6.08 Å². The molecule has 22 heavy (non-hydrogen) atoms. The molecular formula is C14H16N4O3S. The smallest absolute Gasteiger partial charge is 0.290 e. The van der Waals surface area contributed by atoms with Crippen LogP contribution in [0.2, 0.25) is 0 Å². The first-order chi connectivity index (χ1) is 10.7. The minimum atomic E-state index is -0.390. The van der Waals surface area contributed by atoms with Crippen molar-refractivity contribution in [3.05, 3.63) is 22.9 Å². The second-order valence-corrected chi connectivity index (χ2v) is 6.26. The van der Waals surface area contributed by atoms with Gasteiger partial charge >= 0.3 is 0 Å². The standard InChI is InChI=1S/C14H16N4O3S/c19-8-9-2-5-18(6-3-9)13-15-4-1-10(16-13)7-11-12(20)17-14(21)22-11/h1,4,7,9,19H,2-3,5-6,8H2,(H,17,20,21)/b11-7+. The fraction of sp³-hybridized carbons (Fsp3) is 0.429. The highest BCUT2D eigenvalue weighted by Crippen LogP contribution is 2.26. The summed E-state index contributed by atoms with van der Waals surface area (Å²) in [6.45, 7) is 1.83. The third-order valence-electron chi connectivity index (χ3n) is 3.74.